The minimum atomic E-state index is -0.419. The van der Waals surface area contributed by atoms with Crippen molar-refractivity contribution in [3.05, 3.63) is 47.5 Å². The lowest BCUT2D eigenvalue weighted by Gasteiger charge is -2.25. The Kier molecular flexibility index (Phi) is 5.77. The molecule has 128 valence electrons. The lowest BCUT2D eigenvalue weighted by atomic mass is 9.89. The van der Waals surface area contributed by atoms with Crippen molar-refractivity contribution in [3.8, 4) is 0 Å². The lowest BCUT2D eigenvalue weighted by molar-refractivity contribution is -0.159. The Morgan fingerprint density at radius 1 is 1.33 bits per heavy atom. The number of rotatable bonds is 5. The normalized spacial score (nSPS) is 21.0. The number of carbonyl (C=O) groups excluding carboxylic acids is 1. The molecule has 1 atom stereocenters. The highest BCUT2D eigenvalue weighted by atomic mass is 16.5. The summed E-state index contributed by atoms with van der Waals surface area (Å²) in [5, 5.41) is 14.3. The van der Waals surface area contributed by atoms with Gasteiger partial charge in [-0.25, -0.2) is 5.06 Å². The molecule has 1 saturated heterocycles. The molecule has 1 aromatic carbocycles. The quantitative estimate of drug-likeness (QED) is 0.645. The fourth-order valence-electron chi connectivity index (χ4n) is 3.35. The molecule has 5 heteroatoms. The second kappa shape index (κ2) is 8.22. The highest BCUT2D eigenvalue weighted by Gasteiger charge is 2.21. The van der Waals surface area contributed by atoms with E-state index in [1.807, 2.05) is 36.4 Å². The van der Waals surface area contributed by atoms with E-state index in [9.17, 15) is 10.0 Å². The SMILES string of the molecule is O=C(C1=NCCC(CC2CCCNC2)=C1)N(O)Cc1ccccc1. The maximum absolute atomic E-state index is 12.4. The van der Waals surface area contributed by atoms with Crippen molar-refractivity contribution in [2.75, 3.05) is 19.6 Å². The van der Waals surface area contributed by atoms with Crippen LogP contribution in [0.1, 0.15) is 31.2 Å². The summed E-state index contributed by atoms with van der Waals surface area (Å²) in [5.41, 5.74) is 2.54. The van der Waals surface area contributed by atoms with Crippen molar-refractivity contribution in [2.45, 2.75) is 32.2 Å². The molecule has 1 aromatic rings. The fourth-order valence-corrected chi connectivity index (χ4v) is 3.35. The molecular formula is C19H25N3O2. The van der Waals surface area contributed by atoms with Crippen LogP contribution in [-0.4, -0.2) is 41.5 Å². The van der Waals surface area contributed by atoms with Gasteiger partial charge in [-0.1, -0.05) is 35.9 Å². The number of piperidine rings is 1. The number of nitrogens with zero attached hydrogens (tertiary/aromatic N) is 2. The molecule has 1 fully saturated rings. The molecule has 0 spiro atoms. The Balaban J connectivity index is 1.60. The monoisotopic (exact) mass is 327 g/mol. The summed E-state index contributed by atoms with van der Waals surface area (Å²) in [4.78, 5) is 16.7. The van der Waals surface area contributed by atoms with Crippen LogP contribution < -0.4 is 5.32 Å². The summed E-state index contributed by atoms with van der Waals surface area (Å²) in [5.74, 6) is 0.229. The van der Waals surface area contributed by atoms with E-state index in [2.05, 4.69) is 10.3 Å². The zero-order chi connectivity index (χ0) is 16.8. The fraction of sp³-hybridized carbons (Fsp3) is 0.474. The van der Waals surface area contributed by atoms with Gasteiger partial charge >= 0.3 is 0 Å². The number of nitrogens with one attached hydrogen (secondary N) is 1. The van der Waals surface area contributed by atoms with E-state index in [1.54, 1.807) is 0 Å². The molecule has 2 aliphatic heterocycles. The van der Waals surface area contributed by atoms with Crippen LogP contribution in [0.5, 0.6) is 0 Å². The molecule has 0 saturated carbocycles. The van der Waals surface area contributed by atoms with Gasteiger partial charge in [0.15, 0.2) is 0 Å². The molecule has 0 radical (unpaired) electrons. The van der Waals surface area contributed by atoms with Gasteiger partial charge in [-0.15, -0.1) is 0 Å². The summed E-state index contributed by atoms with van der Waals surface area (Å²) < 4.78 is 0. The molecule has 3 rings (SSSR count). The van der Waals surface area contributed by atoms with E-state index in [1.165, 1.54) is 18.4 Å². The topological polar surface area (TPSA) is 64.9 Å². The first-order chi connectivity index (χ1) is 11.7. The highest BCUT2D eigenvalue weighted by molar-refractivity contribution is 6.43. The third-order valence-electron chi connectivity index (χ3n) is 4.63. The summed E-state index contributed by atoms with van der Waals surface area (Å²) in [7, 11) is 0. The molecule has 1 unspecified atom stereocenters. The van der Waals surface area contributed by atoms with Crippen LogP contribution >= 0.6 is 0 Å². The number of hydroxylamine groups is 2. The van der Waals surface area contributed by atoms with Gasteiger partial charge in [-0.3, -0.25) is 15.0 Å². The third kappa shape index (κ3) is 4.52. The standard InChI is InChI=1S/C19H25N3O2/c23-19(22(24)14-15-5-2-1-3-6-15)18-12-16(8-10-21-18)11-17-7-4-9-20-13-17/h1-3,5-6,12,17,20,24H,4,7-11,13-14H2. The molecule has 2 aliphatic rings. The largest absolute Gasteiger partial charge is 0.316 e. The van der Waals surface area contributed by atoms with Crippen LogP contribution in [0.2, 0.25) is 0 Å². The smallest absolute Gasteiger partial charge is 0.295 e. The van der Waals surface area contributed by atoms with Crippen LogP contribution in [0.3, 0.4) is 0 Å². The second-order valence-electron chi connectivity index (χ2n) is 6.58. The van der Waals surface area contributed by atoms with E-state index in [-0.39, 0.29) is 6.54 Å². The maximum atomic E-state index is 12.4. The van der Waals surface area contributed by atoms with Crippen LogP contribution in [0.4, 0.5) is 0 Å². The first kappa shape index (κ1) is 16.9. The Hall–Kier alpha value is -1.98. The molecule has 2 N–H and O–H groups in total. The Bertz CT molecular complexity index is 619. The number of hydrogen-bond donors (Lipinski definition) is 2. The Morgan fingerprint density at radius 2 is 2.17 bits per heavy atom. The highest BCUT2D eigenvalue weighted by Crippen LogP contribution is 2.23. The lowest BCUT2D eigenvalue weighted by Crippen LogP contribution is -2.34. The number of aliphatic imine (C=N–C) groups is 1. The van der Waals surface area contributed by atoms with Gasteiger partial charge in [-0.05, 0) is 56.3 Å². The predicted octanol–water partition coefficient (Wildman–Crippen LogP) is 2.57. The minimum absolute atomic E-state index is 0.175. The number of carbonyl (C=O) groups is 1. The number of benzene rings is 1. The summed E-state index contributed by atoms with van der Waals surface area (Å²) in [6, 6.07) is 9.46. The van der Waals surface area contributed by atoms with Crippen molar-refractivity contribution in [1.29, 1.82) is 0 Å². The van der Waals surface area contributed by atoms with Crippen molar-refractivity contribution in [3.63, 3.8) is 0 Å². The third-order valence-corrected chi connectivity index (χ3v) is 4.63. The number of amides is 1. The van der Waals surface area contributed by atoms with Gasteiger partial charge in [0.25, 0.3) is 5.91 Å². The van der Waals surface area contributed by atoms with Crippen LogP contribution in [0, 0.1) is 5.92 Å². The number of dihydropyridines is 1. The van der Waals surface area contributed by atoms with Crippen LogP contribution in [0.15, 0.2) is 47.0 Å². The average Bonchev–Trinajstić information content (AvgIpc) is 2.63. The average molecular weight is 327 g/mol. The van der Waals surface area contributed by atoms with Gasteiger partial charge < -0.3 is 5.32 Å². The van der Waals surface area contributed by atoms with Crippen LogP contribution in [-0.2, 0) is 11.3 Å². The van der Waals surface area contributed by atoms with E-state index in [4.69, 9.17) is 0 Å². The van der Waals surface area contributed by atoms with Gasteiger partial charge in [-0.2, -0.15) is 0 Å². The Labute approximate surface area is 143 Å². The summed E-state index contributed by atoms with van der Waals surface area (Å²) >= 11 is 0. The predicted molar refractivity (Wildman–Crippen MR) is 94.0 cm³/mol. The first-order valence-corrected chi connectivity index (χ1v) is 8.71. The van der Waals surface area contributed by atoms with Gasteiger partial charge in [0.1, 0.15) is 5.71 Å². The maximum Gasteiger partial charge on any atom is 0.295 e. The summed E-state index contributed by atoms with van der Waals surface area (Å²) in [6.07, 6.45) is 6.28. The minimum Gasteiger partial charge on any atom is -0.316 e. The van der Waals surface area contributed by atoms with Crippen molar-refractivity contribution < 1.29 is 10.0 Å². The van der Waals surface area contributed by atoms with Crippen molar-refractivity contribution in [1.82, 2.24) is 10.4 Å². The second-order valence-corrected chi connectivity index (χ2v) is 6.58. The number of hydrogen-bond acceptors (Lipinski definition) is 4. The van der Waals surface area contributed by atoms with Crippen molar-refractivity contribution >= 4 is 11.6 Å². The molecule has 1 amide bonds. The zero-order valence-corrected chi connectivity index (χ0v) is 13.9. The van der Waals surface area contributed by atoms with E-state index < -0.39 is 5.91 Å². The summed E-state index contributed by atoms with van der Waals surface area (Å²) in [6.45, 7) is 2.97. The van der Waals surface area contributed by atoms with Gasteiger partial charge in [0, 0.05) is 6.54 Å². The van der Waals surface area contributed by atoms with E-state index in [0.29, 0.717) is 18.2 Å². The van der Waals surface area contributed by atoms with E-state index >= 15 is 0 Å². The Morgan fingerprint density at radius 3 is 2.92 bits per heavy atom. The molecule has 5 nitrogen and oxygen atoms in total. The molecule has 0 aromatic heterocycles. The molecule has 0 bridgehead atoms. The van der Waals surface area contributed by atoms with E-state index in [0.717, 1.165) is 36.6 Å². The van der Waals surface area contributed by atoms with Gasteiger partial charge in [0.2, 0.25) is 0 Å². The first-order valence-electron chi connectivity index (χ1n) is 8.71. The van der Waals surface area contributed by atoms with Gasteiger partial charge in [0.05, 0.1) is 6.54 Å². The molecular weight excluding hydrogens is 302 g/mol. The zero-order valence-electron chi connectivity index (χ0n) is 13.9. The van der Waals surface area contributed by atoms with Crippen molar-refractivity contribution in [2.24, 2.45) is 10.9 Å². The molecule has 2 heterocycles. The molecule has 24 heavy (non-hydrogen) atoms. The molecule has 0 aliphatic carbocycles. The van der Waals surface area contributed by atoms with Crippen LogP contribution in [0.25, 0.3) is 0 Å².